The van der Waals surface area contributed by atoms with Crippen LogP contribution in [-0.4, -0.2) is 25.5 Å². The minimum Gasteiger partial charge on any atom is -0.464 e. The first kappa shape index (κ1) is 12.6. The van der Waals surface area contributed by atoms with Crippen LogP contribution in [0.4, 0.5) is 4.39 Å². The van der Waals surface area contributed by atoms with Crippen LogP contribution in [0.3, 0.4) is 0 Å². The quantitative estimate of drug-likeness (QED) is 0.821. The van der Waals surface area contributed by atoms with Crippen LogP contribution in [0.25, 0.3) is 0 Å². The zero-order valence-electron chi connectivity index (χ0n) is 9.89. The van der Waals surface area contributed by atoms with Gasteiger partial charge in [-0.05, 0) is 13.0 Å². The highest BCUT2D eigenvalue weighted by Gasteiger charge is 2.32. The number of esters is 1. The second-order valence-electron chi connectivity index (χ2n) is 3.76. The van der Waals surface area contributed by atoms with Gasteiger partial charge in [-0.3, -0.25) is 0 Å². The van der Waals surface area contributed by atoms with Gasteiger partial charge in [-0.2, -0.15) is 0 Å². The number of carbonyl (C=O) groups excluding carboxylic acids is 1. The molecule has 0 amide bonds. The van der Waals surface area contributed by atoms with Crippen molar-refractivity contribution < 1.29 is 23.4 Å². The second kappa shape index (κ2) is 5.22. The van der Waals surface area contributed by atoms with Crippen LogP contribution in [0.1, 0.15) is 18.5 Å². The maximum Gasteiger partial charge on any atom is 0.342 e. The lowest BCUT2D eigenvalue weighted by Crippen LogP contribution is -2.31. The second-order valence-corrected chi connectivity index (χ2v) is 3.76. The van der Waals surface area contributed by atoms with Crippen LogP contribution in [0, 0.1) is 0 Å². The third-order valence-corrected chi connectivity index (χ3v) is 2.61. The molecule has 5 nitrogen and oxygen atoms in total. The van der Waals surface area contributed by atoms with Gasteiger partial charge in [-0.25, -0.2) is 9.18 Å². The Bertz CT molecular complexity index is 452. The molecular weight excluding hydrogens is 241 g/mol. The minimum absolute atomic E-state index is 0.0649. The SMILES string of the molecule is CCOC(=O)C(F)[C@H](N)c1cccc2c1OCO2. The smallest absolute Gasteiger partial charge is 0.342 e. The molecule has 2 atom stereocenters. The molecule has 1 heterocycles. The maximum absolute atomic E-state index is 13.8. The van der Waals surface area contributed by atoms with Crippen molar-refractivity contribution >= 4 is 5.97 Å². The molecule has 0 bridgehead atoms. The summed E-state index contributed by atoms with van der Waals surface area (Å²) in [5, 5.41) is 0. The molecule has 18 heavy (non-hydrogen) atoms. The molecule has 0 saturated carbocycles. The van der Waals surface area contributed by atoms with Gasteiger partial charge in [0.05, 0.1) is 12.6 Å². The van der Waals surface area contributed by atoms with Gasteiger partial charge >= 0.3 is 5.97 Å². The molecule has 1 aromatic rings. The average molecular weight is 255 g/mol. The van der Waals surface area contributed by atoms with Gasteiger partial charge in [0.25, 0.3) is 0 Å². The van der Waals surface area contributed by atoms with Gasteiger partial charge in [0, 0.05) is 5.56 Å². The number of rotatable bonds is 4. The Morgan fingerprint density at radius 1 is 1.56 bits per heavy atom. The number of nitrogens with two attached hydrogens (primary N) is 1. The molecule has 0 fully saturated rings. The highest BCUT2D eigenvalue weighted by atomic mass is 19.1. The molecular formula is C12H14FNO4. The normalized spacial score (nSPS) is 16.2. The lowest BCUT2D eigenvalue weighted by Gasteiger charge is -2.17. The fraction of sp³-hybridized carbons (Fsp3) is 0.417. The Hall–Kier alpha value is -1.82. The number of carbonyl (C=O) groups is 1. The Balaban J connectivity index is 2.21. The highest BCUT2D eigenvalue weighted by molar-refractivity contribution is 5.76. The van der Waals surface area contributed by atoms with E-state index in [-0.39, 0.29) is 13.4 Å². The van der Waals surface area contributed by atoms with Gasteiger partial charge in [0.1, 0.15) is 0 Å². The molecule has 1 aromatic carbocycles. The Morgan fingerprint density at radius 2 is 2.33 bits per heavy atom. The number of benzene rings is 1. The first-order valence-electron chi connectivity index (χ1n) is 5.60. The number of hydrogen-bond acceptors (Lipinski definition) is 5. The molecule has 0 spiro atoms. The predicted octanol–water partition coefficient (Wildman–Crippen LogP) is 1.32. The van der Waals surface area contributed by atoms with E-state index in [4.69, 9.17) is 15.2 Å². The summed E-state index contributed by atoms with van der Waals surface area (Å²) in [5.74, 6) is -0.0857. The van der Waals surface area contributed by atoms with Crippen LogP contribution in [0.5, 0.6) is 11.5 Å². The molecule has 0 aliphatic carbocycles. The van der Waals surface area contributed by atoms with E-state index in [1.165, 1.54) is 0 Å². The van der Waals surface area contributed by atoms with Gasteiger partial charge < -0.3 is 19.9 Å². The molecule has 1 aliphatic rings. The summed E-state index contributed by atoms with van der Waals surface area (Å²) in [6, 6.07) is 3.82. The molecule has 2 N–H and O–H groups in total. The van der Waals surface area contributed by atoms with Gasteiger partial charge in [0.15, 0.2) is 11.5 Å². The van der Waals surface area contributed by atoms with Crippen LogP contribution in [-0.2, 0) is 9.53 Å². The Morgan fingerprint density at radius 3 is 3.06 bits per heavy atom. The van der Waals surface area contributed by atoms with E-state index in [1.54, 1.807) is 25.1 Å². The number of hydrogen-bond donors (Lipinski definition) is 1. The van der Waals surface area contributed by atoms with E-state index in [1.807, 2.05) is 0 Å². The fourth-order valence-corrected chi connectivity index (χ4v) is 1.74. The number of para-hydroxylation sites is 1. The number of fused-ring (bicyclic) bond motifs is 1. The van der Waals surface area contributed by atoms with Crippen molar-refractivity contribution in [2.75, 3.05) is 13.4 Å². The first-order valence-corrected chi connectivity index (χ1v) is 5.60. The van der Waals surface area contributed by atoms with Crippen molar-refractivity contribution in [1.29, 1.82) is 0 Å². The standard InChI is InChI=1S/C12H14FNO4/c1-2-16-12(15)9(13)10(14)7-4-3-5-8-11(7)18-6-17-8/h3-5,9-10H,2,6,14H2,1H3/t9?,10-/m1/s1. The Labute approximate surface area is 104 Å². The third-order valence-electron chi connectivity index (χ3n) is 2.61. The van der Waals surface area contributed by atoms with E-state index in [0.29, 0.717) is 17.1 Å². The van der Waals surface area contributed by atoms with Crippen molar-refractivity contribution in [1.82, 2.24) is 0 Å². The van der Waals surface area contributed by atoms with Gasteiger partial charge in [-0.1, -0.05) is 12.1 Å². The molecule has 1 aliphatic heterocycles. The number of halogens is 1. The van der Waals surface area contributed by atoms with Crippen LogP contribution < -0.4 is 15.2 Å². The van der Waals surface area contributed by atoms with Gasteiger partial charge in [-0.15, -0.1) is 0 Å². The average Bonchev–Trinajstić information content (AvgIpc) is 2.85. The molecule has 0 radical (unpaired) electrons. The summed E-state index contributed by atoms with van der Waals surface area (Å²) in [6.07, 6.45) is -1.93. The van der Waals surface area contributed by atoms with E-state index in [9.17, 15) is 9.18 Å². The fourth-order valence-electron chi connectivity index (χ4n) is 1.74. The summed E-state index contributed by atoms with van der Waals surface area (Å²) in [4.78, 5) is 11.3. The first-order chi connectivity index (χ1) is 8.65. The number of alkyl halides is 1. The molecule has 1 unspecified atom stereocenters. The van der Waals surface area contributed by atoms with Crippen LogP contribution in [0.15, 0.2) is 18.2 Å². The summed E-state index contributed by atoms with van der Waals surface area (Å²) in [6.45, 7) is 1.78. The lowest BCUT2D eigenvalue weighted by atomic mass is 10.0. The predicted molar refractivity (Wildman–Crippen MR) is 61.0 cm³/mol. The molecule has 98 valence electrons. The van der Waals surface area contributed by atoms with E-state index >= 15 is 0 Å². The summed E-state index contributed by atoms with van der Waals surface area (Å²) in [5.41, 5.74) is 6.13. The molecule has 0 saturated heterocycles. The van der Waals surface area contributed by atoms with Gasteiger partial charge in [0.2, 0.25) is 13.0 Å². The zero-order valence-corrected chi connectivity index (χ0v) is 9.89. The van der Waals surface area contributed by atoms with Crippen molar-refractivity contribution in [2.45, 2.75) is 19.1 Å². The largest absolute Gasteiger partial charge is 0.464 e. The van der Waals surface area contributed by atoms with E-state index < -0.39 is 18.2 Å². The van der Waals surface area contributed by atoms with Crippen molar-refractivity contribution in [2.24, 2.45) is 5.73 Å². The summed E-state index contributed by atoms with van der Waals surface area (Å²) >= 11 is 0. The molecule has 2 rings (SSSR count). The number of ether oxygens (including phenoxy) is 3. The van der Waals surface area contributed by atoms with Crippen molar-refractivity contribution in [3.05, 3.63) is 23.8 Å². The van der Waals surface area contributed by atoms with Crippen molar-refractivity contribution in [3.8, 4) is 11.5 Å². The third kappa shape index (κ3) is 2.24. The monoisotopic (exact) mass is 255 g/mol. The topological polar surface area (TPSA) is 70.8 Å². The van der Waals surface area contributed by atoms with Crippen LogP contribution >= 0.6 is 0 Å². The van der Waals surface area contributed by atoms with Crippen molar-refractivity contribution in [3.63, 3.8) is 0 Å². The zero-order chi connectivity index (χ0) is 13.1. The molecule has 6 heteroatoms. The highest BCUT2D eigenvalue weighted by Crippen LogP contribution is 2.39. The Kier molecular flexibility index (Phi) is 3.66. The maximum atomic E-state index is 13.8. The molecule has 0 aromatic heterocycles. The summed E-state index contributed by atoms with van der Waals surface area (Å²) < 4.78 is 28.8. The van der Waals surface area contributed by atoms with E-state index in [0.717, 1.165) is 0 Å². The minimum atomic E-state index is -1.93. The van der Waals surface area contributed by atoms with Crippen LogP contribution in [0.2, 0.25) is 0 Å². The lowest BCUT2D eigenvalue weighted by molar-refractivity contribution is -0.149. The summed E-state index contributed by atoms with van der Waals surface area (Å²) in [7, 11) is 0. The van der Waals surface area contributed by atoms with E-state index in [2.05, 4.69) is 4.74 Å².